The zero-order chi connectivity index (χ0) is 15.9. The number of nitriles is 1. The van der Waals surface area contributed by atoms with Gasteiger partial charge in [-0.3, -0.25) is 4.79 Å². The van der Waals surface area contributed by atoms with E-state index in [1.807, 2.05) is 6.07 Å². The first-order valence-corrected chi connectivity index (χ1v) is 7.08. The van der Waals surface area contributed by atoms with E-state index in [4.69, 9.17) is 10.00 Å². The predicted molar refractivity (Wildman–Crippen MR) is 75.6 cm³/mol. The van der Waals surface area contributed by atoms with Crippen LogP contribution in [0.2, 0.25) is 0 Å². The van der Waals surface area contributed by atoms with Gasteiger partial charge >= 0.3 is 12.0 Å². The monoisotopic (exact) mass is 297 g/mol. The van der Waals surface area contributed by atoms with Gasteiger partial charge in [-0.25, -0.2) is 4.79 Å². The second kappa shape index (κ2) is 7.84. The van der Waals surface area contributed by atoms with Gasteiger partial charge in [0.1, 0.15) is 0 Å². The molecule has 7 heteroatoms. The average Bonchev–Trinajstić information content (AvgIpc) is 2.47. The number of nitrogens with zero attached hydrogens (tertiary/aromatic N) is 3. The number of ether oxygens (including phenoxy) is 1. The Morgan fingerprint density at radius 1 is 1.38 bits per heavy atom. The summed E-state index contributed by atoms with van der Waals surface area (Å²) < 4.78 is 4.98. The number of aliphatic carboxylic acids is 1. The van der Waals surface area contributed by atoms with Gasteiger partial charge in [0.25, 0.3) is 0 Å². The Bertz CT molecular complexity index is 411. The lowest BCUT2D eigenvalue weighted by atomic mass is 9.80. The molecule has 1 fully saturated rings. The summed E-state index contributed by atoms with van der Waals surface area (Å²) in [7, 11) is 1.56. The lowest BCUT2D eigenvalue weighted by molar-refractivity contribution is -0.150. The normalized spacial score (nSPS) is 17.1. The number of urea groups is 1. The van der Waals surface area contributed by atoms with E-state index in [1.165, 1.54) is 0 Å². The van der Waals surface area contributed by atoms with Crippen molar-refractivity contribution in [2.45, 2.75) is 26.2 Å². The van der Waals surface area contributed by atoms with Crippen LogP contribution in [-0.4, -0.2) is 66.8 Å². The lowest BCUT2D eigenvalue weighted by Gasteiger charge is -2.38. The molecule has 1 saturated heterocycles. The molecule has 1 N–H and O–H groups in total. The molecule has 0 aromatic carbocycles. The van der Waals surface area contributed by atoms with Crippen LogP contribution in [0.15, 0.2) is 0 Å². The fourth-order valence-electron chi connectivity index (χ4n) is 2.29. The van der Waals surface area contributed by atoms with E-state index in [0.29, 0.717) is 45.6 Å². The standard InChI is InChI=1S/C14H23N3O4/c1-14(12(18)19)4-8-17(9-5-14)13(20)16(7-3-6-15)10-11-21-2/h3-5,7-11H2,1-2H3,(H,18,19). The Kier molecular flexibility index (Phi) is 6.43. The van der Waals surface area contributed by atoms with Gasteiger partial charge in [-0.2, -0.15) is 5.26 Å². The van der Waals surface area contributed by atoms with Crippen molar-refractivity contribution in [2.75, 3.05) is 39.9 Å². The summed E-state index contributed by atoms with van der Waals surface area (Å²) in [6.45, 7) is 3.79. The zero-order valence-electron chi connectivity index (χ0n) is 12.7. The molecule has 7 nitrogen and oxygen atoms in total. The van der Waals surface area contributed by atoms with Gasteiger partial charge in [0.05, 0.1) is 24.5 Å². The second-order valence-electron chi connectivity index (χ2n) is 5.52. The molecule has 118 valence electrons. The molecule has 21 heavy (non-hydrogen) atoms. The molecule has 1 aliphatic rings. The topological polar surface area (TPSA) is 93.9 Å². The Labute approximate surface area is 125 Å². The minimum atomic E-state index is -0.810. The van der Waals surface area contributed by atoms with Crippen LogP contribution >= 0.6 is 0 Å². The minimum absolute atomic E-state index is 0.144. The van der Waals surface area contributed by atoms with Gasteiger partial charge in [-0.15, -0.1) is 0 Å². The van der Waals surface area contributed by atoms with Crippen LogP contribution in [0.5, 0.6) is 0 Å². The number of carbonyl (C=O) groups is 2. The highest BCUT2D eigenvalue weighted by atomic mass is 16.5. The number of hydrogen-bond donors (Lipinski definition) is 1. The van der Waals surface area contributed by atoms with Gasteiger partial charge < -0.3 is 19.6 Å². The Hall–Kier alpha value is -1.81. The van der Waals surface area contributed by atoms with Crippen molar-refractivity contribution in [3.8, 4) is 6.07 Å². The number of carboxylic acid groups (broad SMARTS) is 1. The number of hydrogen-bond acceptors (Lipinski definition) is 4. The number of carbonyl (C=O) groups excluding carboxylic acids is 1. The summed E-state index contributed by atoms with van der Waals surface area (Å²) >= 11 is 0. The first kappa shape index (κ1) is 17.2. The molecule has 1 heterocycles. The Morgan fingerprint density at radius 3 is 2.48 bits per heavy atom. The summed E-state index contributed by atoms with van der Waals surface area (Å²) in [5.74, 6) is -0.810. The van der Waals surface area contributed by atoms with Crippen LogP contribution in [0.1, 0.15) is 26.2 Å². The van der Waals surface area contributed by atoms with E-state index < -0.39 is 11.4 Å². The van der Waals surface area contributed by atoms with Gasteiger partial charge in [0, 0.05) is 33.3 Å². The highest BCUT2D eigenvalue weighted by Crippen LogP contribution is 2.31. The van der Waals surface area contributed by atoms with E-state index in [2.05, 4.69) is 0 Å². The third-order valence-corrected chi connectivity index (χ3v) is 3.98. The van der Waals surface area contributed by atoms with Gasteiger partial charge in [0.2, 0.25) is 0 Å². The second-order valence-corrected chi connectivity index (χ2v) is 5.52. The first-order valence-electron chi connectivity index (χ1n) is 7.08. The molecule has 0 atom stereocenters. The summed E-state index contributed by atoms with van der Waals surface area (Å²) in [5.41, 5.74) is -0.749. The summed E-state index contributed by atoms with van der Waals surface area (Å²) in [4.78, 5) is 26.9. The molecule has 2 amide bonds. The molecular formula is C14H23N3O4. The first-order chi connectivity index (χ1) is 9.94. The molecule has 0 aliphatic carbocycles. The summed E-state index contributed by atoms with van der Waals surface area (Å²) in [6.07, 6.45) is 1.17. The van der Waals surface area contributed by atoms with Crippen LogP contribution in [-0.2, 0) is 9.53 Å². The van der Waals surface area contributed by atoms with Crippen LogP contribution in [0.25, 0.3) is 0 Å². The van der Waals surface area contributed by atoms with E-state index in [0.717, 1.165) is 0 Å². The maximum atomic E-state index is 12.4. The molecule has 0 radical (unpaired) electrons. The fourth-order valence-corrected chi connectivity index (χ4v) is 2.29. The highest BCUT2D eigenvalue weighted by molar-refractivity contribution is 5.77. The zero-order valence-corrected chi connectivity index (χ0v) is 12.7. The third kappa shape index (κ3) is 4.60. The van der Waals surface area contributed by atoms with Crippen molar-refractivity contribution in [3.63, 3.8) is 0 Å². The van der Waals surface area contributed by atoms with Gasteiger partial charge in [-0.05, 0) is 19.8 Å². The minimum Gasteiger partial charge on any atom is -0.481 e. The molecule has 0 saturated carbocycles. The van der Waals surface area contributed by atoms with E-state index >= 15 is 0 Å². The van der Waals surface area contributed by atoms with Crippen LogP contribution in [0.4, 0.5) is 4.79 Å². The van der Waals surface area contributed by atoms with Gasteiger partial charge in [-0.1, -0.05) is 0 Å². The SMILES string of the molecule is COCCN(CCC#N)C(=O)N1CCC(C)(C(=O)O)CC1. The summed E-state index contributed by atoms with van der Waals surface area (Å²) in [5, 5.41) is 17.9. The number of piperidine rings is 1. The molecule has 0 spiro atoms. The Morgan fingerprint density at radius 2 is 2.00 bits per heavy atom. The Balaban J connectivity index is 2.60. The van der Waals surface area contributed by atoms with Crippen molar-refractivity contribution in [1.29, 1.82) is 5.26 Å². The van der Waals surface area contributed by atoms with Crippen molar-refractivity contribution in [1.82, 2.24) is 9.80 Å². The largest absolute Gasteiger partial charge is 0.481 e. The van der Waals surface area contributed by atoms with Crippen molar-refractivity contribution in [2.24, 2.45) is 5.41 Å². The fraction of sp³-hybridized carbons (Fsp3) is 0.786. The molecule has 0 aromatic rings. The number of methoxy groups -OCH3 is 1. The quantitative estimate of drug-likeness (QED) is 0.794. The molecule has 0 aromatic heterocycles. The molecule has 1 rings (SSSR count). The number of likely N-dealkylation sites (tertiary alicyclic amines) is 1. The molecular weight excluding hydrogens is 274 g/mol. The number of rotatable bonds is 6. The smallest absolute Gasteiger partial charge is 0.320 e. The predicted octanol–water partition coefficient (Wildman–Crippen LogP) is 1.16. The lowest BCUT2D eigenvalue weighted by Crippen LogP contribution is -2.50. The number of amides is 2. The molecule has 0 unspecified atom stereocenters. The van der Waals surface area contributed by atoms with Crippen LogP contribution in [0.3, 0.4) is 0 Å². The number of carboxylic acids is 1. The highest BCUT2D eigenvalue weighted by Gasteiger charge is 2.38. The average molecular weight is 297 g/mol. The maximum Gasteiger partial charge on any atom is 0.320 e. The molecule has 0 bridgehead atoms. The van der Waals surface area contributed by atoms with Crippen molar-refractivity contribution >= 4 is 12.0 Å². The van der Waals surface area contributed by atoms with Gasteiger partial charge in [0.15, 0.2) is 0 Å². The van der Waals surface area contributed by atoms with Crippen LogP contribution in [0, 0.1) is 16.7 Å². The van der Waals surface area contributed by atoms with Crippen molar-refractivity contribution < 1.29 is 19.4 Å². The van der Waals surface area contributed by atoms with E-state index in [1.54, 1.807) is 23.8 Å². The third-order valence-electron chi connectivity index (χ3n) is 3.98. The van der Waals surface area contributed by atoms with E-state index in [9.17, 15) is 14.7 Å². The maximum absolute atomic E-state index is 12.4. The van der Waals surface area contributed by atoms with E-state index in [-0.39, 0.29) is 12.5 Å². The summed E-state index contributed by atoms with van der Waals surface area (Å²) in [6, 6.07) is 1.89. The molecule has 1 aliphatic heterocycles. The van der Waals surface area contributed by atoms with Crippen LogP contribution < -0.4 is 0 Å². The van der Waals surface area contributed by atoms with Crippen molar-refractivity contribution in [3.05, 3.63) is 0 Å².